The van der Waals surface area contributed by atoms with Crippen molar-refractivity contribution in [2.45, 2.75) is 56.1 Å². The maximum atomic E-state index is 14.0. The van der Waals surface area contributed by atoms with E-state index in [2.05, 4.69) is 15.2 Å². The van der Waals surface area contributed by atoms with Gasteiger partial charge < -0.3 is 19.7 Å². The molecule has 10 heteroatoms. The van der Waals surface area contributed by atoms with E-state index in [4.69, 9.17) is 16.3 Å². The van der Waals surface area contributed by atoms with Gasteiger partial charge in [0.05, 0.1) is 28.4 Å². The number of halogens is 3. The number of fused-ring (bicyclic) bond motifs is 3. The number of nitrogens with zero attached hydrogens (tertiary/aromatic N) is 3. The van der Waals surface area contributed by atoms with Gasteiger partial charge in [-0.1, -0.05) is 11.6 Å². The number of carbonyl (C=O) groups is 1. The van der Waals surface area contributed by atoms with Gasteiger partial charge in [-0.2, -0.15) is 0 Å². The third-order valence-corrected chi connectivity index (χ3v) is 8.45. The Hall–Kier alpha value is -2.75. The summed E-state index contributed by atoms with van der Waals surface area (Å²) >= 11 is 6.21. The number of anilines is 1. The minimum Gasteiger partial charge on any atom is -0.492 e. The highest BCUT2D eigenvalue weighted by atomic mass is 35.5. The van der Waals surface area contributed by atoms with Gasteiger partial charge in [0.1, 0.15) is 12.4 Å². The predicted octanol–water partition coefficient (Wildman–Crippen LogP) is 5.08. The Balaban J connectivity index is 1.10. The number of ether oxygens (including phenoxy) is 1. The Morgan fingerprint density at radius 2 is 2.00 bits per heavy atom. The summed E-state index contributed by atoms with van der Waals surface area (Å²) in [5.74, 6) is 0.388. The number of imidazole rings is 1. The molecule has 2 N–H and O–H groups in total. The largest absolute Gasteiger partial charge is 0.492 e. The lowest BCUT2D eigenvalue weighted by Gasteiger charge is -2.41. The Labute approximate surface area is 218 Å². The van der Waals surface area contributed by atoms with Crippen LogP contribution in [0.15, 0.2) is 36.7 Å². The van der Waals surface area contributed by atoms with E-state index in [1.807, 2.05) is 12.1 Å². The standard InChI is InChI=1S/C27H29ClF2N4O3/c1-26(36)13-17(14-26)34-15-31-22-12-18(11-19(23(22)34)24(29)30)37-9-8-33-6-4-27(5-7-33)20-10-16(28)2-3-21(20)32-25(27)35/h2-3,10-12,15,17,24,36H,4-9,13-14H2,1H3,(H,32,35). The molecule has 1 saturated heterocycles. The average molecular weight is 531 g/mol. The number of hydrogen-bond acceptors (Lipinski definition) is 5. The second-order valence-electron chi connectivity index (χ2n) is 10.8. The van der Waals surface area contributed by atoms with Crippen molar-refractivity contribution < 1.29 is 23.4 Å². The summed E-state index contributed by atoms with van der Waals surface area (Å²) in [6.45, 7) is 4.15. The van der Waals surface area contributed by atoms with Crippen molar-refractivity contribution in [3.8, 4) is 5.75 Å². The van der Waals surface area contributed by atoms with E-state index in [9.17, 15) is 18.7 Å². The minimum atomic E-state index is -2.67. The van der Waals surface area contributed by atoms with Gasteiger partial charge in [0.25, 0.3) is 6.43 Å². The molecule has 1 aromatic heterocycles. The summed E-state index contributed by atoms with van der Waals surface area (Å²) in [6, 6.07) is 8.58. The molecule has 1 aliphatic carbocycles. The molecule has 196 valence electrons. The zero-order valence-corrected chi connectivity index (χ0v) is 21.3. The fourth-order valence-electron chi connectivity index (χ4n) is 6.19. The summed E-state index contributed by atoms with van der Waals surface area (Å²) in [7, 11) is 0. The maximum Gasteiger partial charge on any atom is 0.266 e. The molecule has 0 unspecified atom stereocenters. The molecule has 3 aromatic rings. The molecule has 37 heavy (non-hydrogen) atoms. The molecule has 3 aliphatic rings. The summed E-state index contributed by atoms with van der Waals surface area (Å²) in [5, 5.41) is 13.7. The van der Waals surface area contributed by atoms with Gasteiger partial charge in [0, 0.05) is 34.9 Å². The number of benzene rings is 2. The molecule has 2 fully saturated rings. The second kappa shape index (κ2) is 8.92. The van der Waals surface area contributed by atoms with Gasteiger partial charge in [-0.05, 0) is 75.5 Å². The summed E-state index contributed by atoms with van der Waals surface area (Å²) in [5.41, 5.74) is 1.24. The first-order valence-electron chi connectivity index (χ1n) is 12.6. The maximum absolute atomic E-state index is 14.0. The summed E-state index contributed by atoms with van der Waals surface area (Å²) in [6.07, 6.45) is 1.29. The number of aromatic nitrogens is 2. The number of amides is 1. The minimum absolute atomic E-state index is 0.0263. The predicted molar refractivity (Wildman–Crippen MR) is 137 cm³/mol. The van der Waals surface area contributed by atoms with Crippen molar-refractivity contribution in [2.24, 2.45) is 0 Å². The van der Waals surface area contributed by atoms with Crippen LogP contribution in [0.5, 0.6) is 5.75 Å². The van der Waals surface area contributed by atoms with Gasteiger partial charge in [0.2, 0.25) is 5.91 Å². The zero-order valence-electron chi connectivity index (χ0n) is 20.5. The Bertz CT molecular complexity index is 1360. The number of hydrogen-bond donors (Lipinski definition) is 2. The first-order valence-corrected chi connectivity index (χ1v) is 13.0. The highest BCUT2D eigenvalue weighted by Crippen LogP contribution is 2.46. The molecule has 6 rings (SSSR count). The van der Waals surface area contributed by atoms with Crippen molar-refractivity contribution >= 4 is 34.2 Å². The third-order valence-electron chi connectivity index (χ3n) is 8.22. The van der Waals surface area contributed by atoms with Gasteiger partial charge in [-0.3, -0.25) is 9.69 Å². The lowest BCUT2D eigenvalue weighted by Crippen LogP contribution is -2.47. The molecule has 1 saturated carbocycles. The number of piperidine rings is 1. The van der Waals surface area contributed by atoms with Crippen LogP contribution in [0.1, 0.15) is 56.2 Å². The average Bonchev–Trinajstić information content (AvgIpc) is 3.37. The molecule has 0 radical (unpaired) electrons. The van der Waals surface area contributed by atoms with Gasteiger partial charge in [0.15, 0.2) is 0 Å². The van der Waals surface area contributed by atoms with Crippen molar-refractivity contribution in [1.29, 1.82) is 0 Å². The topological polar surface area (TPSA) is 79.6 Å². The molecule has 2 aliphatic heterocycles. The van der Waals surface area contributed by atoms with E-state index in [1.165, 1.54) is 6.07 Å². The molecule has 3 heterocycles. The molecular formula is C27H29ClF2N4O3. The molecule has 2 aromatic carbocycles. The van der Waals surface area contributed by atoms with E-state index in [1.54, 1.807) is 30.0 Å². The molecule has 0 bridgehead atoms. The summed E-state index contributed by atoms with van der Waals surface area (Å²) < 4.78 is 35.7. The van der Waals surface area contributed by atoms with Crippen LogP contribution in [0.4, 0.5) is 14.5 Å². The summed E-state index contributed by atoms with van der Waals surface area (Å²) in [4.78, 5) is 19.4. The van der Waals surface area contributed by atoms with E-state index >= 15 is 0 Å². The quantitative estimate of drug-likeness (QED) is 0.465. The molecular weight excluding hydrogens is 502 g/mol. The first kappa shape index (κ1) is 24.6. The van der Waals surface area contributed by atoms with Crippen LogP contribution in [0.2, 0.25) is 5.02 Å². The van der Waals surface area contributed by atoms with Crippen molar-refractivity contribution in [3.05, 3.63) is 52.8 Å². The van der Waals surface area contributed by atoms with Crippen molar-refractivity contribution in [2.75, 3.05) is 31.6 Å². The van der Waals surface area contributed by atoms with Gasteiger partial charge in [-0.25, -0.2) is 13.8 Å². The van der Waals surface area contributed by atoms with E-state index in [0.717, 1.165) is 24.3 Å². The van der Waals surface area contributed by atoms with Gasteiger partial charge in [-0.15, -0.1) is 0 Å². The molecule has 1 spiro atoms. The second-order valence-corrected chi connectivity index (χ2v) is 11.2. The fraction of sp³-hybridized carbons (Fsp3) is 0.481. The number of aliphatic hydroxyl groups is 1. The fourth-order valence-corrected chi connectivity index (χ4v) is 6.36. The zero-order chi connectivity index (χ0) is 25.9. The molecule has 1 amide bonds. The Morgan fingerprint density at radius 3 is 2.70 bits per heavy atom. The number of nitrogens with one attached hydrogen (secondary N) is 1. The Morgan fingerprint density at radius 1 is 1.24 bits per heavy atom. The van der Waals surface area contributed by atoms with Crippen molar-refractivity contribution in [3.63, 3.8) is 0 Å². The van der Waals surface area contributed by atoms with Crippen molar-refractivity contribution in [1.82, 2.24) is 14.5 Å². The SMILES string of the molecule is CC1(O)CC(n2cnc3cc(OCCN4CCC5(CC4)C(=O)Nc4ccc(Cl)cc45)cc(C(F)F)c32)C1. The Kier molecular flexibility index (Phi) is 5.93. The van der Waals surface area contributed by atoms with Crippen LogP contribution in [-0.2, 0) is 10.2 Å². The van der Waals surface area contributed by atoms with E-state index in [-0.39, 0.29) is 17.5 Å². The van der Waals surface area contributed by atoms with Crippen LogP contribution in [-0.4, -0.2) is 57.3 Å². The van der Waals surface area contributed by atoms with E-state index in [0.29, 0.717) is 60.6 Å². The number of rotatable bonds is 6. The smallest absolute Gasteiger partial charge is 0.266 e. The van der Waals surface area contributed by atoms with Crippen LogP contribution in [0.25, 0.3) is 11.0 Å². The lowest BCUT2D eigenvalue weighted by molar-refractivity contribution is -0.122. The third kappa shape index (κ3) is 4.27. The van der Waals surface area contributed by atoms with Crippen LogP contribution in [0, 0.1) is 0 Å². The lowest BCUT2D eigenvalue weighted by atomic mass is 9.73. The van der Waals surface area contributed by atoms with Gasteiger partial charge >= 0.3 is 0 Å². The van der Waals surface area contributed by atoms with E-state index < -0.39 is 17.4 Å². The molecule has 0 atom stereocenters. The molecule has 7 nitrogen and oxygen atoms in total. The van der Waals surface area contributed by atoms with Crippen LogP contribution < -0.4 is 10.1 Å². The normalized spacial score (nSPS) is 24.9. The van der Waals surface area contributed by atoms with Crippen LogP contribution in [0.3, 0.4) is 0 Å². The monoisotopic (exact) mass is 530 g/mol. The van der Waals surface area contributed by atoms with Crippen LogP contribution >= 0.6 is 11.6 Å². The number of carbonyl (C=O) groups excluding carboxylic acids is 1. The number of likely N-dealkylation sites (tertiary alicyclic amines) is 1. The highest BCUT2D eigenvalue weighted by Gasteiger charge is 2.48. The highest BCUT2D eigenvalue weighted by molar-refractivity contribution is 6.31. The number of alkyl halides is 2. The first-order chi connectivity index (χ1) is 17.6.